The second kappa shape index (κ2) is 9.96. The molecular weight excluding hydrogens is 352 g/mol. The largest absolute Gasteiger partial charge is 0.500 e. The highest BCUT2D eigenvalue weighted by Crippen LogP contribution is 2.25. The summed E-state index contributed by atoms with van der Waals surface area (Å²) < 4.78 is 20.9. The molecule has 0 atom stereocenters. The van der Waals surface area contributed by atoms with Crippen LogP contribution in [0.4, 0.5) is 0 Å². The lowest BCUT2D eigenvalue weighted by Crippen LogP contribution is -2.42. The molecule has 0 radical (unpaired) electrons. The number of unbranched alkanes of at least 4 members (excludes halogenated alkanes) is 5. The molecule has 1 aromatic carbocycles. The van der Waals surface area contributed by atoms with Gasteiger partial charge in [0.25, 0.3) is 0 Å². The van der Waals surface area contributed by atoms with E-state index >= 15 is 0 Å². The Labute approximate surface area is 156 Å². The zero-order chi connectivity index (χ0) is 19.0. The Hall–Kier alpha value is -1.54. The number of esters is 2. The highest BCUT2D eigenvalue weighted by atomic mass is 28.4. The number of carbonyl (C=O) groups is 2. The Balaban J connectivity index is 1.65. The predicted octanol–water partition coefficient (Wildman–Crippen LogP) is 3.76. The van der Waals surface area contributed by atoms with Gasteiger partial charge in [-0.3, -0.25) is 0 Å². The van der Waals surface area contributed by atoms with E-state index < -0.39 is 20.7 Å². The third-order valence-electron chi connectivity index (χ3n) is 4.87. The monoisotopic (exact) mass is 380 g/mol. The summed E-state index contributed by atoms with van der Waals surface area (Å²) in [5.74, 6) is -1.04. The van der Waals surface area contributed by atoms with Gasteiger partial charge in [-0.1, -0.05) is 37.8 Å². The molecular formula is C19H28O6Si. The van der Waals surface area contributed by atoms with E-state index in [1.165, 1.54) is 0 Å². The number of rotatable bonds is 12. The number of carbonyl (C=O) groups excluding carboxylic acids is 2. The van der Waals surface area contributed by atoms with Crippen molar-refractivity contribution < 1.29 is 27.6 Å². The molecule has 0 aromatic heterocycles. The molecule has 7 heteroatoms. The van der Waals surface area contributed by atoms with Gasteiger partial charge in [0.2, 0.25) is 0 Å². The van der Waals surface area contributed by atoms with E-state index in [0.717, 1.165) is 56.6 Å². The Bertz CT molecular complexity index is 618. The van der Waals surface area contributed by atoms with Crippen LogP contribution in [0.3, 0.4) is 0 Å². The van der Waals surface area contributed by atoms with E-state index in [-0.39, 0.29) is 0 Å². The second-order valence-corrected chi connectivity index (χ2v) is 9.52. The minimum Gasteiger partial charge on any atom is -0.386 e. The first-order valence-corrected chi connectivity index (χ1v) is 11.0. The summed E-state index contributed by atoms with van der Waals surface area (Å²) in [4.78, 5) is 23.4. The number of aryl methyl sites for hydroxylation is 1. The minimum absolute atomic E-state index is 0.398. The van der Waals surface area contributed by atoms with Crippen LogP contribution in [0.25, 0.3) is 0 Å². The van der Waals surface area contributed by atoms with Crippen LogP contribution in [0.5, 0.6) is 0 Å². The quantitative estimate of drug-likeness (QED) is 0.238. The molecule has 6 nitrogen and oxygen atoms in total. The minimum atomic E-state index is -2.43. The molecule has 2 rings (SSSR count). The molecule has 0 fully saturated rings. The van der Waals surface area contributed by atoms with Gasteiger partial charge in [0.05, 0.1) is 11.1 Å². The zero-order valence-electron chi connectivity index (χ0n) is 15.8. The van der Waals surface area contributed by atoms with Crippen LogP contribution in [0.1, 0.15) is 64.8 Å². The van der Waals surface area contributed by atoms with Crippen molar-refractivity contribution in [1.29, 1.82) is 0 Å². The van der Waals surface area contributed by atoms with E-state index in [9.17, 15) is 9.59 Å². The van der Waals surface area contributed by atoms with Crippen LogP contribution in [0, 0.1) is 0 Å². The lowest BCUT2D eigenvalue weighted by Gasteiger charge is -2.24. The number of hydrogen-bond acceptors (Lipinski definition) is 6. The number of cyclic esters (lactones) is 2. The zero-order valence-corrected chi connectivity index (χ0v) is 16.8. The summed E-state index contributed by atoms with van der Waals surface area (Å²) in [6.45, 7) is 0. The van der Waals surface area contributed by atoms with Crippen molar-refractivity contribution in [1.82, 2.24) is 0 Å². The van der Waals surface area contributed by atoms with Gasteiger partial charge in [-0.25, -0.2) is 9.59 Å². The van der Waals surface area contributed by atoms with Crippen LogP contribution < -0.4 is 0 Å². The van der Waals surface area contributed by atoms with Gasteiger partial charge in [0.1, 0.15) is 0 Å². The van der Waals surface area contributed by atoms with E-state index in [1.54, 1.807) is 27.4 Å². The van der Waals surface area contributed by atoms with Gasteiger partial charge in [-0.2, -0.15) is 0 Å². The van der Waals surface area contributed by atoms with Crippen molar-refractivity contribution in [2.24, 2.45) is 0 Å². The van der Waals surface area contributed by atoms with Gasteiger partial charge >= 0.3 is 20.7 Å². The lowest BCUT2D eigenvalue weighted by atomic mass is 9.97. The number of hydrogen-bond donors (Lipinski definition) is 0. The first-order valence-electron chi connectivity index (χ1n) is 9.10. The molecule has 0 saturated heterocycles. The second-order valence-electron chi connectivity index (χ2n) is 6.43. The Morgan fingerprint density at radius 1 is 0.846 bits per heavy atom. The Kier molecular flexibility index (Phi) is 7.96. The van der Waals surface area contributed by atoms with Gasteiger partial charge in [0, 0.05) is 27.4 Å². The summed E-state index contributed by atoms with van der Waals surface area (Å²) in [6, 6.07) is 6.20. The maximum Gasteiger partial charge on any atom is 0.500 e. The Morgan fingerprint density at radius 2 is 1.46 bits per heavy atom. The predicted molar refractivity (Wildman–Crippen MR) is 99.2 cm³/mol. The molecule has 1 aliphatic heterocycles. The summed E-state index contributed by atoms with van der Waals surface area (Å²) in [5.41, 5.74) is 1.77. The third-order valence-corrected chi connectivity index (χ3v) is 7.70. The van der Waals surface area contributed by atoms with Gasteiger partial charge in [0.15, 0.2) is 0 Å². The molecule has 0 saturated carbocycles. The molecule has 0 bridgehead atoms. The van der Waals surface area contributed by atoms with Crippen molar-refractivity contribution >= 4 is 20.7 Å². The Morgan fingerprint density at radius 3 is 2.12 bits per heavy atom. The van der Waals surface area contributed by atoms with Crippen LogP contribution >= 0.6 is 0 Å². The summed E-state index contributed by atoms with van der Waals surface area (Å²) in [6.07, 6.45) is 7.31. The van der Waals surface area contributed by atoms with Crippen molar-refractivity contribution in [3.05, 3.63) is 34.9 Å². The first-order chi connectivity index (χ1) is 12.6. The number of fused-ring (bicyclic) bond motifs is 1. The lowest BCUT2D eigenvalue weighted by molar-refractivity contribution is 0.0443. The average Bonchev–Trinajstić information content (AvgIpc) is 2.96. The molecule has 0 spiro atoms. The topological polar surface area (TPSA) is 71.1 Å². The van der Waals surface area contributed by atoms with Gasteiger partial charge in [-0.05, 0) is 30.9 Å². The fourth-order valence-electron chi connectivity index (χ4n) is 3.33. The van der Waals surface area contributed by atoms with E-state index in [2.05, 4.69) is 0 Å². The summed E-state index contributed by atoms with van der Waals surface area (Å²) >= 11 is 0. The third kappa shape index (κ3) is 5.00. The molecule has 1 aliphatic rings. The highest BCUT2D eigenvalue weighted by Gasteiger charge is 2.36. The van der Waals surface area contributed by atoms with Crippen LogP contribution in [0.15, 0.2) is 18.2 Å². The first kappa shape index (κ1) is 20.8. The fourth-order valence-corrected chi connectivity index (χ4v) is 5.13. The average molecular weight is 381 g/mol. The standard InChI is InChI=1S/C19H28O6Si/c1-22-26(23-2,24-3)14-9-7-5-4-6-8-11-15-12-10-13-16-17(15)19(21)25-18(16)20/h10,12-13H,4-9,11,14H2,1-3H3. The van der Waals surface area contributed by atoms with Crippen LogP contribution in [-0.4, -0.2) is 42.1 Å². The molecule has 0 N–H and O–H groups in total. The highest BCUT2D eigenvalue weighted by molar-refractivity contribution is 6.60. The van der Waals surface area contributed by atoms with E-state index in [1.807, 2.05) is 12.1 Å². The molecule has 144 valence electrons. The molecule has 1 heterocycles. The van der Waals surface area contributed by atoms with Crippen LogP contribution in [-0.2, 0) is 24.4 Å². The molecule has 0 amide bonds. The molecule has 26 heavy (non-hydrogen) atoms. The fraction of sp³-hybridized carbons (Fsp3) is 0.579. The summed E-state index contributed by atoms with van der Waals surface area (Å²) in [7, 11) is 2.49. The van der Waals surface area contributed by atoms with Gasteiger partial charge < -0.3 is 18.0 Å². The van der Waals surface area contributed by atoms with E-state index in [0.29, 0.717) is 11.1 Å². The smallest absolute Gasteiger partial charge is 0.386 e. The molecule has 1 aromatic rings. The molecule has 0 unspecified atom stereocenters. The number of ether oxygens (including phenoxy) is 1. The number of benzene rings is 1. The van der Waals surface area contributed by atoms with Crippen molar-refractivity contribution in [3.8, 4) is 0 Å². The van der Waals surface area contributed by atoms with Crippen LogP contribution in [0.2, 0.25) is 6.04 Å². The molecule has 0 aliphatic carbocycles. The normalized spacial score (nSPS) is 13.8. The van der Waals surface area contributed by atoms with Crippen molar-refractivity contribution in [3.63, 3.8) is 0 Å². The SMILES string of the molecule is CO[Si](CCCCCCCCc1cccc2c1C(=O)OC2=O)(OC)OC. The van der Waals surface area contributed by atoms with Crippen molar-refractivity contribution in [2.45, 2.75) is 51.0 Å². The maximum atomic E-state index is 11.8. The van der Waals surface area contributed by atoms with Crippen molar-refractivity contribution in [2.75, 3.05) is 21.3 Å². The summed E-state index contributed by atoms with van der Waals surface area (Å²) in [5, 5.41) is 0. The maximum absolute atomic E-state index is 11.8. The van der Waals surface area contributed by atoms with Gasteiger partial charge in [-0.15, -0.1) is 0 Å². The van der Waals surface area contributed by atoms with E-state index in [4.69, 9.17) is 18.0 Å².